The number of rotatable bonds is 8. The third-order valence-electron chi connectivity index (χ3n) is 9.12. The molecule has 1 aliphatic heterocycles. The van der Waals surface area contributed by atoms with Gasteiger partial charge in [0.1, 0.15) is 6.04 Å². The highest BCUT2D eigenvalue weighted by Gasteiger charge is 2.63. The predicted molar refractivity (Wildman–Crippen MR) is 154 cm³/mol. The summed E-state index contributed by atoms with van der Waals surface area (Å²) in [5.74, 6) is -3.47. The average Bonchev–Trinajstić information content (AvgIpc) is 3.24. The van der Waals surface area contributed by atoms with Gasteiger partial charge >= 0.3 is 5.97 Å². The van der Waals surface area contributed by atoms with E-state index in [9.17, 15) is 19.2 Å². The van der Waals surface area contributed by atoms with Crippen LogP contribution in [0.4, 0.5) is 5.69 Å². The number of imide groups is 1. The van der Waals surface area contributed by atoms with Crippen molar-refractivity contribution in [2.45, 2.75) is 57.9 Å². The molecular formula is C34H34N2O5. The van der Waals surface area contributed by atoms with Gasteiger partial charge in [-0.25, -0.2) is 4.79 Å². The molecule has 210 valence electrons. The van der Waals surface area contributed by atoms with E-state index in [1.54, 1.807) is 6.07 Å². The van der Waals surface area contributed by atoms with E-state index >= 15 is 0 Å². The molecule has 1 N–H and O–H groups in total. The summed E-state index contributed by atoms with van der Waals surface area (Å²) in [5.41, 5.74) is 6.93. The van der Waals surface area contributed by atoms with E-state index in [-0.39, 0.29) is 23.7 Å². The first kappa shape index (κ1) is 26.9. The van der Waals surface area contributed by atoms with E-state index in [0.717, 1.165) is 39.8 Å². The molecule has 0 spiro atoms. The van der Waals surface area contributed by atoms with Gasteiger partial charge < -0.3 is 10.1 Å². The molecule has 2 bridgehead atoms. The molecule has 0 saturated carbocycles. The highest BCUT2D eigenvalue weighted by Crippen LogP contribution is 2.61. The Morgan fingerprint density at radius 1 is 0.829 bits per heavy atom. The van der Waals surface area contributed by atoms with Gasteiger partial charge in [0.2, 0.25) is 11.8 Å². The lowest BCUT2D eigenvalue weighted by atomic mass is 9.55. The molecule has 3 aromatic carbocycles. The lowest BCUT2D eigenvalue weighted by molar-refractivity contribution is -0.160. The molecule has 4 aliphatic rings. The van der Waals surface area contributed by atoms with Gasteiger partial charge in [-0.15, -0.1) is 0 Å². The maximum absolute atomic E-state index is 14.1. The molecule has 3 amide bonds. The molecule has 7 nitrogen and oxygen atoms in total. The molecule has 0 aromatic heterocycles. The van der Waals surface area contributed by atoms with Gasteiger partial charge in [-0.05, 0) is 59.7 Å². The van der Waals surface area contributed by atoms with Gasteiger partial charge in [0.15, 0.2) is 6.61 Å². The molecule has 3 atom stereocenters. The molecule has 7 rings (SSSR count). The molecule has 1 saturated heterocycles. The summed E-state index contributed by atoms with van der Waals surface area (Å²) in [6.45, 7) is 5.35. The molecule has 0 unspecified atom stereocenters. The van der Waals surface area contributed by atoms with Crippen molar-refractivity contribution in [1.82, 2.24) is 4.90 Å². The van der Waals surface area contributed by atoms with E-state index < -0.39 is 36.4 Å². The topological polar surface area (TPSA) is 92.8 Å². The first-order chi connectivity index (χ1) is 19.8. The fourth-order valence-corrected chi connectivity index (χ4v) is 7.06. The van der Waals surface area contributed by atoms with Gasteiger partial charge in [0, 0.05) is 17.5 Å². The lowest BCUT2D eigenvalue weighted by Gasteiger charge is -2.45. The average molecular weight is 551 g/mol. The third kappa shape index (κ3) is 4.35. The summed E-state index contributed by atoms with van der Waals surface area (Å²) in [5, 5.41) is 2.79. The van der Waals surface area contributed by atoms with Crippen LogP contribution in [0.2, 0.25) is 0 Å². The van der Waals surface area contributed by atoms with Crippen LogP contribution in [0.15, 0.2) is 66.7 Å². The monoisotopic (exact) mass is 550 g/mol. The number of ether oxygens (including phenoxy) is 1. The summed E-state index contributed by atoms with van der Waals surface area (Å²) in [6.07, 6.45) is 1.70. The largest absolute Gasteiger partial charge is 0.454 e. The van der Waals surface area contributed by atoms with Gasteiger partial charge in [0.05, 0.1) is 11.8 Å². The molecule has 3 aliphatic carbocycles. The zero-order chi connectivity index (χ0) is 28.8. The second-order valence-electron chi connectivity index (χ2n) is 11.4. The number of benzene rings is 3. The highest BCUT2D eigenvalue weighted by atomic mass is 16.5. The number of nitrogens with one attached hydrogen (secondary N) is 1. The Hall–Kier alpha value is -4.26. The van der Waals surface area contributed by atoms with Crippen LogP contribution in [0.5, 0.6) is 0 Å². The molecule has 41 heavy (non-hydrogen) atoms. The van der Waals surface area contributed by atoms with Crippen molar-refractivity contribution in [3.63, 3.8) is 0 Å². The van der Waals surface area contributed by atoms with Gasteiger partial charge in [-0.1, -0.05) is 80.4 Å². The Morgan fingerprint density at radius 3 is 1.88 bits per heavy atom. The summed E-state index contributed by atoms with van der Waals surface area (Å²) in [4.78, 5) is 55.6. The predicted octanol–water partition coefficient (Wildman–Crippen LogP) is 5.24. The van der Waals surface area contributed by atoms with Crippen LogP contribution in [-0.4, -0.2) is 41.2 Å². The number of aryl methyl sites for hydroxylation is 1. The number of unbranched alkanes of at least 4 members (excludes halogenated alkanes) is 1. The van der Waals surface area contributed by atoms with Crippen molar-refractivity contribution < 1.29 is 23.9 Å². The molecular weight excluding hydrogens is 516 g/mol. The Labute approximate surface area is 239 Å². The standard InChI is InChI=1S/C34H34N2O5/c1-4-5-17-26(34(40)41-18-27(37)35-25-16-10-11-19(2)20(25)3)36-32(38)30-28-21-12-6-7-13-22(21)29(31(30)33(36)39)24-15-9-8-14-23(24)28/h6-16,26,28-31H,4-5,17-18H2,1-3H3,(H,35,37)/t26-,28?,29?,30-,31-/m1/s1. The molecule has 3 aromatic rings. The third-order valence-corrected chi connectivity index (χ3v) is 9.12. The van der Waals surface area contributed by atoms with E-state index in [0.29, 0.717) is 18.5 Å². The Morgan fingerprint density at radius 2 is 1.37 bits per heavy atom. The Bertz CT molecular complexity index is 1450. The van der Waals surface area contributed by atoms with Crippen LogP contribution in [0.25, 0.3) is 0 Å². The number of hydrogen-bond acceptors (Lipinski definition) is 5. The van der Waals surface area contributed by atoms with Crippen molar-refractivity contribution in [1.29, 1.82) is 0 Å². The van der Waals surface area contributed by atoms with Crippen molar-refractivity contribution in [3.05, 3.63) is 100 Å². The first-order valence-corrected chi connectivity index (χ1v) is 14.4. The molecule has 1 heterocycles. The minimum absolute atomic E-state index is 0.245. The molecule has 0 radical (unpaired) electrons. The number of amides is 3. The smallest absolute Gasteiger partial charge is 0.329 e. The zero-order valence-electron chi connectivity index (χ0n) is 23.6. The summed E-state index contributed by atoms with van der Waals surface area (Å²) in [6, 6.07) is 20.6. The zero-order valence-corrected chi connectivity index (χ0v) is 23.6. The number of likely N-dealkylation sites (tertiary alicyclic amines) is 1. The minimum atomic E-state index is -1.07. The van der Waals surface area contributed by atoms with E-state index in [2.05, 4.69) is 29.6 Å². The summed E-state index contributed by atoms with van der Waals surface area (Å²) < 4.78 is 5.46. The number of carbonyl (C=O) groups is 4. The van der Waals surface area contributed by atoms with Gasteiger partial charge in [-0.3, -0.25) is 19.3 Å². The number of esters is 1. The Kier molecular flexibility index (Phi) is 6.98. The van der Waals surface area contributed by atoms with Crippen molar-refractivity contribution >= 4 is 29.4 Å². The first-order valence-electron chi connectivity index (χ1n) is 14.4. The van der Waals surface area contributed by atoms with Crippen LogP contribution < -0.4 is 5.32 Å². The van der Waals surface area contributed by atoms with E-state index in [1.165, 1.54) is 4.90 Å². The molecule has 7 heteroatoms. The number of nitrogens with zero attached hydrogens (tertiary/aromatic N) is 1. The quantitative estimate of drug-likeness (QED) is 0.306. The van der Waals surface area contributed by atoms with Gasteiger partial charge in [-0.2, -0.15) is 0 Å². The van der Waals surface area contributed by atoms with Crippen LogP contribution in [0.3, 0.4) is 0 Å². The van der Waals surface area contributed by atoms with E-state index in [1.807, 2.05) is 57.2 Å². The van der Waals surface area contributed by atoms with Crippen molar-refractivity contribution in [3.8, 4) is 0 Å². The number of hydrogen-bond donors (Lipinski definition) is 1. The Balaban J connectivity index is 1.26. The highest BCUT2D eigenvalue weighted by molar-refractivity contribution is 6.10. The summed E-state index contributed by atoms with van der Waals surface area (Å²) in [7, 11) is 0. The minimum Gasteiger partial charge on any atom is -0.454 e. The van der Waals surface area contributed by atoms with Crippen molar-refractivity contribution in [2.24, 2.45) is 11.8 Å². The second-order valence-corrected chi connectivity index (χ2v) is 11.4. The van der Waals surface area contributed by atoms with Crippen molar-refractivity contribution in [2.75, 3.05) is 11.9 Å². The van der Waals surface area contributed by atoms with Crippen LogP contribution in [0.1, 0.15) is 71.4 Å². The van der Waals surface area contributed by atoms with Gasteiger partial charge in [0.25, 0.3) is 5.91 Å². The van der Waals surface area contributed by atoms with Crippen LogP contribution >= 0.6 is 0 Å². The number of carbonyl (C=O) groups excluding carboxylic acids is 4. The maximum atomic E-state index is 14.1. The fourth-order valence-electron chi connectivity index (χ4n) is 7.06. The maximum Gasteiger partial charge on any atom is 0.329 e. The number of anilines is 1. The van der Waals surface area contributed by atoms with Crippen LogP contribution in [-0.2, 0) is 23.9 Å². The summed E-state index contributed by atoms with van der Waals surface area (Å²) >= 11 is 0. The second kappa shape index (κ2) is 10.6. The molecule has 1 fully saturated rings. The lowest BCUT2D eigenvalue weighted by Crippen LogP contribution is -2.47. The normalized spacial score (nSPS) is 22.6. The fraction of sp³-hybridized carbons (Fsp3) is 0.353. The van der Waals surface area contributed by atoms with Crippen LogP contribution in [0, 0.1) is 25.7 Å². The SMILES string of the molecule is CCCC[C@H](C(=O)OCC(=O)Nc1cccc(C)c1C)N1C(=O)[C@@H]2C3c4ccccc4C(c4ccccc43)[C@H]2C1=O. The van der Waals surface area contributed by atoms with E-state index in [4.69, 9.17) is 4.74 Å².